The van der Waals surface area contributed by atoms with E-state index in [1.807, 2.05) is 6.07 Å². The first-order chi connectivity index (χ1) is 10.1. The molecule has 3 rings (SSSR count). The average Bonchev–Trinajstić information content (AvgIpc) is 2.72. The summed E-state index contributed by atoms with van der Waals surface area (Å²) >= 11 is 0. The maximum absolute atomic E-state index is 13.2. The SMILES string of the molecule is N#Cc1cccc(CN2C(=O)C(=O)c3cc(F)ccc32)c1. The fourth-order valence-corrected chi connectivity index (χ4v) is 2.35. The van der Waals surface area contributed by atoms with Crippen LogP contribution >= 0.6 is 0 Å². The van der Waals surface area contributed by atoms with Crippen LogP contribution in [0, 0.1) is 17.1 Å². The highest BCUT2D eigenvalue weighted by molar-refractivity contribution is 6.52. The summed E-state index contributed by atoms with van der Waals surface area (Å²) in [5.74, 6) is -1.94. The monoisotopic (exact) mass is 280 g/mol. The predicted molar refractivity (Wildman–Crippen MR) is 73.1 cm³/mol. The molecule has 0 aliphatic carbocycles. The first kappa shape index (κ1) is 13.0. The van der Waals surface area contributed by atoms with E-state index in [9.17, 15) is 14.0 Å². The molecule has 0 saturated heterocycles. The van der Waals surface area contributed by atoms with Gasteiger partial charge in [0.1, 0.15) is 5.82 Å². The second-order valence-electron chi connectivity index (χ2n) is 4.69. The van der Waals surface area contributed by atoms with E-state index in [1.54, 1.807) is 24.3 Å². The quantitative estimate of drug-likeness (QED) is 0.794. The third kappa shape index (κ3) is 2.17. The summed E-state index contributed by atoms with van der Waals surface area (Å²) in [6.45, 7) is 0.165. The predicted octanol–water partition coefficient (Wildman–Crippen LogP) is 2.43. The highest BCUT2D eigenvalue weighted by atomic mass is 19.1. The molecule has 1 aliphatic heterocycles. The van der Waals surface area contributed by atoms with Gasteiger partial charge in [-0.15, -0.1) is 0 Å². The Morgan fingerprint density at radius 2 is 1.95 bits per heavy atom. The number of rotatable bonds is 2. The largest absolute Gasteiger partial charge is 0.300 e. The van der Waals surface area contributed by atoms with Gasteiger partial charge in [0.15, 0.2) is 0 Å². The Labute approximate surface area is 120 Å². The Hall–Kier alpha value is -3.00. The van der Waals surface area contributed by atoms with E-state index in [2.05, 4.69) is 0 Å². The summed E-state index contributed by atoms with van der Waals surface area (Å²) in [5.41, 5.74) is 1.68. The van der Waals surface area contributed by atoms with Crippen molar-refractivity contribution in [2.75, 3.05) is 4.90 Å². The van der Waals surface area contributed by atoms with Crippen molar-refractivity contribution in [1.82, 2.24) is 0 Å². The van der Waals surface area contributed by atoms with Gasteiger partial charge in [-0.05, 0) is 35.9 Å². The summed E-state index contributed by atoms with van der Waals surface area (Å²) in [6.07, 6.45) is 0. The summed E-state index contributed by atoms with van der Waals surface area (Å²) in [7, 11) is 0. The number of carbonyl (C=O) groups is 2. The number of nitrogens with zero attached hydrogens (tertiary/aromatic N) is 2. The number of benzene rings is 2. The number of amides is 1. The van der Waals surface area contributed by atoms with Crippen LogP contribution < -0.4 is 4.90 Å². The molecule has 0 fully saturated rings. The molecular formula is C16H9FN2O2. The highest BCUT2D eigenvalue weighted by Crippen LogP contribution is 2.30. The minimum atomic E-state index is -0.707. The van der Waals surface area contributed by atoms with Gasteiger partial charge in [0.25, 0.3) is 11.7 Å². The molecule has 0 radical (unpaired) electrons. The molecule has 2 aromatic rings. The zero-order valence-electron chi connectivity index (χ0n) is 10.8. The normalized spacial score (nSPS) is 13.2. The number of halogens is 1. The third-order valence-corrected chi connectivity index (χ3v) is 3.33. The molecule has 5 heteroatoms. The van der Waals surface area contributed by atoms with Gasteiger partial charge in [-0.3, -0.25) is 9.59 Å². The minimum Gasteiger partial charge on any atom is -0.300 e. The lowest BCUT2D eigenvalue weighted by Gasteiger charge is -2.16. The van der Waals surface area contributed by atoms with Crippen molar-refractivity contribution in [1.29, 1.82) is 5.26 Å². The molecule has 0 aromatic heterocycles. The standard InChI is InChI=1S/C16H9FN2O2/c17-12-4-5-14-13(7-12)15(20)16(21)19(14)9-11-3-1-2-10(6-11)8-18/h1-7H,9H2. The lowest BCUT2D eigenvalue weighted by molar-refractivity contribution is -0.114. The van der Waals surface area contributed by atoms with Gasteiger partial charge < -0.3 is 4.90 Å². The zero-order chi connectivity index (χ0) is 15.0. The van der Waals surface area contributed by atoms with Crippen molar-refractivity contribution >= 4 is 17.4 Å². The van der Waals surface area contributed by atoms with E-state index in [0.717, 1.165) is 11.6 Å². The number of hydrogen-bond acceptors (Lipinski definition) is 3. The van der Waals surface area contributed by atoms with Crippen LogP contribution in [-0.4, -0.2) is 11.7 Å². The van der Waals surface area contributed by atoms with E-state index in [4.69, 9.17) is 5.26 Å². The highest BCUT2D eigenvalue weighted by Gasteiger charge is 2.35. The number of ketones is 1. The maximum atomic E-state index is 13.2. The molecule has 21 heavy (non-hydrogen) atoms. The fourth-order valence-electron chi connectivity index (χ4n) is 2.35. The van der Waals surface area contributed by atoms with Crippen LogP contribution in [0.3, 0.4) is 0 Å². The molecule has 4 nitrogen and oxygen atoms in total. The van der Waals surface area contributed by atoms with E-state index in [0.29, 0.717) is 11.3 Å². The number of nitriles is 1. The van der Waals surface area contributed by atoms with Gasteiger partial charge in [-0.25, -0.2) is 4.39 Å². The van der Waals surface area contributed by atoms with Crippen LogP contribution in [0.4, 0.5) is 10.1 Å². The van der Waals surface area contributed by atoms with Gasteiger partial charge in [-0.2, -0.15) is 5.26 Å². The van der Waals surface area contributed by atoms with Crippen LogP contribution in [0.1, 0.15) is 21.5 Å². The second kappa shape index (κ2) is 4.84. The lowest BCUT2D eigenvalue weighted by atomic mass is 10.1. The molecule has 1 aliphatic rings. The molecule has 0 saturated carbocycles. The molecule has 0 atom stereocenters. The number of anilines is 1. The van der Waals surface area contributed by atoms with Crippen LogP contribution in [-0.2, 0) is 11.3 Å². The van der Waals surface area contributed by atoms with Crippen molar-refractivity contribution in [3.8, 4) is 6.07 Å². The van der Waals surface area contributed by atoms with Crippen molar-refractivity contribution in [2.24, 2.45) is 0 Å². The molecule has 0 N–H and O–H groups in total. The molecule has 0 bridgehead atoms. The van der Waals surface area contributed by atoms with Gasteiger partial charge in [0, 0.05) is 0 Å². The lowest BCUT2D eigenvalue weighted by Crippen LogP contribution is -2.29. The van der Waals surface area contributed by atoms with Gasteiger partial charge in [-0.1, -0.05) is 12.1 Å². The number of hydrogen-bond donors (Lipinski definition) is 0. The Morgan fingerprint density at radius 1 is 1.14 bits per heavy atom. The minimum absolute atomic E-state index is 0.0800. The van der Waals surface area contributed by atoms with Crippen LogP contribution in [0.15, 0.2) is 42.5 Å². The molecule has 1 amide bonds. The van der Waals surface area contributed by atoms with Crippen molar-refractivity contribution in [3.63, 3.8) is 0 Å². The molecule has 1 heterocycles. The fraction of sp³-hybridized carbons (Fsp3) is 0.0625. The van der Waals surface area contributed by atoms with E-state index in [1.165, 1.54) is 17.0 Å². The number of Topliss-reactive ketones (excluding diaryl/α,β-unsaturated/α-hetero) is 1. The summed E-state index contributed by atoms with van der Waals surface area (Å²) < 4.78 is 13.2. The van der Waals surface area contributed by atoms with Crippen LogP contribution in [0.2, 0.25) is 0 Å². The Morgan fingerprint density at radius 3 is 2.71 bits per heavy atom. The molecule has 102 valence electrons. The summed E-state index contributed by atoms with van der Waals surface area (Å²) in [4.78, 5) is 25.2. The Bertz CT molecular complexity index is 808. The van der Waals surface area contributed by atoms with E-state index < -0.39 is 17.5 Å². The summed E-state index contributed by atoms with van der Waals surface area (Å²) in [5, 5.41) is 8.88. The number of carbonyl (C=O) groups excluding carboxylic acids is 2. The van der Waals surface area contributed by atoms with Crippen molar-refractivity contribution in [3.05, 3.63) is 65.0 Å². The smallest absolute Gasteiger partial charge is 0.299 e. The molecular weight excluding hydrogens is 271 g/mol. The molecule has 0 spiro atoms. The van der Waals surface area contributed by atoms with Crippen LogP contribution in [0.25, 0.3) is 0 Å². The van der Waals surface area contributed by atoms with Gasteiger partial charge in [0.2, 0.25) is 0 Å². The van der Waals surface area contributed by atoms with Gasteiger partial charge >= 0.3 is 0 Å². The Balaban J connectivity index is 1.99. The van der Waals surface area contributed by atoms with E-state index in [-0.39, 0.29) is 12.1 Å². The molecule has 2 aromatic carbocycles. The van der Waals surface area contributed by atoms with Crippen LogP contribution in [0.5, 0.6) is 0 Å². The average molecular weight is 280 g/mol. The van der Waals surface area contributed by atoms with Crippen molar-refractivity contribution < 1.29 is 14.0 Å². The first-order valence-electron chi connectivity index (χ1n) is 6.25. The van der Waals surface area contributed by atoms with Gasteiger partial charge in [0.05, 0.1) is 29.4 Å². The second-order valence-corrected chi connectivity index (χ2v) is 4.69. The topological polar surface area (TPSA) is 61.2 Å². The van der Waals surface area contributed by atoms with Crippen molar-refractivity contribution in [2.45, 2.75) is 6.54 Å². The van der Waals surface area contributed by atoms with E-state index >= 15 is 0 Å². The first-order valence-corrected chi connectivity index (χ1v) is 6.25. The number of fused-ring (bicyclic) bond motifs is 1. The third-order valence-electron chi connectivity index (χ3n) is 3.33. The summed E-state index contributed by atoms with van der Waals surface area (Å²) in [6, 6.07) is 12.5. The maximum Gasteiger partial charge on any atom is 0.299 e. The molecule has 0 unspecified atom stereocenters. The zero-order valence-corrected chi connectivity index (χ0v) is 10.8. The Kier molecular flexibility index (Phi) is 2.99.